The Morgan fingerprint density at radius 2 is 1.81 bits per heavy atom. The summed E-state index contributed by atoms with van der Waals surface area (Å²) < 4.78 is 49.6. The zero-order valence-electron chi connectivity index (χ0n) is 18.1. The molecule has 1 aromatic heterocycles. The first-order valence-corrected chi connectivity index (χ1v) is 11.6. The fourth-order valence-electron chi connectivity index (χ4n) is 3.76. The lowest BCUT2D eigenvalue weighted by Crippen LogP contribution is -2.39. The normalized spacial score (nSPS) is 17.2. The molecule has 9 nitrogen and oxygen atoms in total. The highest BCUT2D eigenvalue weighted by Crippen LogP contribution is 2.34. The molecule has 0 bridgehead atoms. The van der Waals surface area contributed by atoms with Crippen LogP contribution in [-0.2, 0) is 10.0 Å². The van der Waals surface area contributed by atoms with E-state index in [9.17, 15) is 8.42 Å². The van der Waals surface area contributed by atoms with Gasteiger partial charge in [0.1, 0.15) is 5.75 Å². The maximum Gasteiger partial charge on any atom is 0.247 e. The van der Waals surface area contributed by atoms with Crippen LogP contribution in [-0.4, -0.2) is 57.3 Å². The number of hydrogen-bond acceptors (Lipinski definition) is 8. The van der Waals surface area contributed by atoms with Gasteiger partial charge in [0.25, 0.3) is 0 Å². The first-order valence-electron chi connectivity index (χ1n) is 10.2. The zero-order chi connectivity index (χ0) is 22.7. The minimum Gasteiger partial charge on any atom is -0.497 e. The van der Waals surface area contributed by atoms with Gasteiger partial charge in [0.15, 0.2) is 11.5 Å². The second-order valence-electron chi connectivity index (χ2n) is 7.40. The van der Waals surface area contributed by atoms with E-state index in [4.69, 9.17) is 18.6 Å². The number of sulfonamides is 1. The van der Waals surface area contributed by atoms with Crippen molar-refractivity contribution in [2.45, 2.75) is 23.7 Å². The summed E-state index contributed by atoms with van der Waals surface area (Å²) in [5.74, 6) is 2.13. The number of methoxy groups -OCH3 is 3. The van der Waals surface area contributed by atoms with Gasteiger partial charge in [-0.2, -0.15) is 4.31 Å². The molecule has 0 N–H and O–H groups in total. The third kappa shape index (κ3) is 4.28. The second kappa shape index (κ2) is 9.17. The van der Waals surface area contributed by atoms with Crippen molar-refractivity contribution in [1.82, 2.24) is 14.5 Å². The molecule has 1 atom stereocenters. The zero-order valence-corrected chi connectivity index (χ0v) is 19.0. The molecule has 2 heterocycles. The van der Waals surface area contributed by atoms with Gasteiger partial charge in [0, 0.05) is 24.7 Å². The molecule has 0 spiro atoms. The van der Waals surface area contributed by atoms with Crippen LogP contribution in [0.3, 0.4) is 0 Å². The number of rotatable bonds is 7. The van der Waals surface area contributed by atoms with Crippen LogP contribution < -0.4 is 14.2 Å². The summed E-state index contributed by atoms with van der Waals surface area (Å²) in [5.41, 5.74) is 0.744. The molecule has 1 aliphatic rings. The molecular formula is C22H25N3O6S. The highest BCUT2D eigenvalue weighted by atomic mass is 32.2. The SMILES string of the molecule is COc1cccc(-c2nnc([C@H]3CCCN(S(=O)(=O)c4ccc(OC)c(OC)c4)C3)o2)c1. The van der Waals surface area contributed by atoms with Crippen LogP contribution in [0.15, 0.2) is 51.8 Å². The van der Waals surface area contributed by atoms with Crippen LogP contribution >= 0.6 is 0 Å². The van der Waals surface area contributed by atoms with Crippen LogP contribution in [0.5, 0.6) is 17.2 Å². The van der Waals surface area contributed by atoms with Crippen molar-refractivity contribution in [2.24, 2.45) is 0 Å². The lowest BCUT2D eigenvalue weighted by atomic mass is 10.00. The Hall–Kier alpha value is -3.11. The summed E-state index contributed by atoms with van der Waals surface area (Å²) in [5, 5.41) is 8.35. The average Bonchev–Trinajstić information content (AvgIpc) is 3.34. The molecule has 0 saturated carbocycles. The Balaban J connectivity index is 1.55. The molecule has 0 radical (unpaired) electrons. The summed E-state index contributed by atoms with van der Waals surface area (Å²) in [6, 6.07) is 11.9. The Bertz CT molecular complexity index is 1190. The number of benzene rings is 2. The second-order valence-corrected chi connectivity index (χ2v) is 9.33. The van der Waals surface area contributed by atoms with E-state index >= 15 is 0 Å². The summed E-state index contributed by atoms with van der Waals surface area (Å²) >= 11 is 0. The molecule has 32 heavy (non-hydrogen) atoms. The van der Waals surface area contributed by atoms with Crippen LogP contribution in [0.1, 0.15) is 24.7 Å². The summed E-state index contributed by atoms with van der Waals surface area (Å²) in [6.07, 6.45) is 1.45. The average molecular weight is 460 g/mol. The molecule has 0 aliphatic carbocycles. The Morgan fingerprint density at radius 1 is 1.00 bits per heavy atom. The molecule has 170 valence electrons. The molecule has 1 saturated heterocycles. The van der Waals surface area contributed by atoms with Gasteiger partial charge in [-0.05, 0) is 43.2 Å². The summed E-state index contributed by atoms with van der Waals surface area (Å²) in [6.45, 7) is 0.681. The standard InChI is InChI=1S/C22H25N3O6S/c1-28-17-8-4-6-15(12-17)21-23-24-22(31-21)16-7-5-11-25(14-16)32(26,27)18-9-10-19(29-2)20(13-18)30-3/h4,6,8-10,12-13,16H,5,7,11,14H2,1-3H3/t16-/m0/s1. The maximum absolute atomic E-state index is 13.3. The Kier molecular flexibility index (Phi) is 6.33. The predicted octanol–water partition coefficient (Wildman–Crippen LogP) is 3.33. The molecule has 3 aromatic rings. The van der Waals surface area contributed by atoms with E-state index in [1.54, 1.807) is 13.2 Å². The van der Waals surface area contributed by atoms with Crippen molar-refractivity contribution in [3.63, 3.8) is 0 Å². The van der Waals surface area contributed by atoms with Crippen molar-refractivity contribution in [3.05, 3.63) is 48.4 Å². The maximum atomic E-state index is 13.3. The Morgan fingerprint density at radius 3 is 2.56 bits per heavy atom. The third-order valence-electron chi connectivity index (χ3n) is 5.48. The van der Waals surface area contributed by atoms with Gasteiger partial charge in [-0.3, -0.25) is 0 Å². The molecule has 0 unspecified atom stereocenters. The predicted molar refractivity (Wildman–Crippen MR) is 117 cm³/mol. The molecule has 1 aliphatic heterocycles. The van der Waals surface area contributed by atoms with E-state index in [-0.39, 0.29) is 17.4 Å². The lowest BCUT2D eigenvalue weighted by molar-refractivity contribution is 0.286. The fraction of sp³-hybridized carbons (Fsp3) is 0.364. The van der Waals surface area contributed by atoms with Gasteiger partial charge in [-0.15, -0.1) is 10.2 Å². The number of aromatic nitrogens is 2. The van der Waals surface area contributed by atoms with Gasteiger partial charge in [-0.1, -0.05) is 6.07 Å². The van der Waals surface area contributed by atoms with E-state index in [2.05, 4.69) is 10.2 Å². The first kappa shape index (κ1) is 22.1. The minimum atomic E-state index is -3.72. The smallest absolute Gasteiger partial charge is 0.247 e. The highest BCUT2D eigenvalue weighted by molar-refractivity contribution is 7.89. The molecule has 4 rings (SSSR count). The van der Waals surface area contributed by atoms with Crippen LogP contribution in [0.2, 0.25) is 0 Å². The number of piperidine rings is 1. The van der Waals surface area contributed by atoms with Gasteiger partial charge in [0.2, 0.25) is 21.8 Å². The van der Waals surface area contributed by atoms with Crippen LogP contribution in [0, 0.1) is 0 Å². The molecule has 1 fully saturated rings. The van der Waals surface area contributed by atoms with Gasteiger partial charge in [-0.25, -0.2) is 8.42 Å². The highest BCUT2D eigenvalue weighted by Gasteiger charge is 2.33. The quantitative estimate of drug-likeness (QED) is 0.530. The number of ether oxygens (including phenoxy) is 3. The largest absolute Gasteiger partial charge is 0.497 e. The lowest BCUT2D eigenvalue weighted by Gasteiger charge is -2.30. The Labute approximate surface area is 187 Å². The van der Waals surface area contributed by atoms with E-state index in [1.807, 2.05) is 24.3 Å². The van der Waals surface area contributed by atoms with Crippen LogP contribution in [0.25, 0.3) is 11.5 Å². The van der Waals surface area contributed by atoms with E-state index in [1.165, 1.54) is 30.7 Å². The molecule has 2 aromatic carbocycles. The summed E-state index contributed by atoms with van der Waals surface area (Å²) in [7, 11) is 0.846. The third-order valence-corrected chi connectivity index (χ3v) is 7.34. The van der Waals surface area contributed by atoms with E-state index < -0.39 is 10.0 Å². The van der Waals surface area contributed by atoms with Crippen molar-refractivity contribution >= 4 is 10.0 Å². The van der Waals surface area contributed by atoms with E-state index in [0.29, 0.717) is 42.0 Å². The van der Waals surface area contributed by atoms with Gasteiger partial charge in [0.05, 0.1) is 32.1 Å². The monoisotopic (exact) mass is 459 g/mol. The molecular weight excluding hydrogens is 434 g/mol. The summed E-state index contributed by atoms with van der Waals surface area (Å²) in [4.78, 5) is 0.151. The first-order chi connectivity index (χ1) is 15.5. The minimum absolute atomic E-state index is 0.151. The number of hydrogen-bond donors (Lipinski definition) is 0. The van der Waals surface area contributed by atoms with Crippen molar-refractivity contribution < 1.29 is 27.0 Å². The van der Waals surface area contributed by atoms with Gasteiger partial charge < -0.3 is 18.6 Å². The fourth-order valence-corrected chi connectivity index (χ4v) is 5.30. The van der Waals surface area contributed by atoms with Crippen molar-refractivity contribution in [1.29, 1.82) is 0 Å². The van der Waals surface area contributed by atoms with Gasteiger partial charge >= 0.3 is 0 Å². The molecule has 10 heteroatoms. The number of nitrogens with zero attached hydrogens (tertiary/aromatic N) is 3. The van der Waals surface area contributed by atoms with Crippen molar-refractivity contribution in [2.75, 3.05) is 34.4 Å². The van der Waals surface area contributed by atoms with E-state index in [0.717, 1.165) is 12.0 Å². The van der Waals surface area contributed by atoms with Crippen molar-refractivity contribution in [3.8, 4) is 28.7 Å². The molecule has 0 amide bonds. The van der Waals surface area contributed by atoms with Crippen LogP contribution in [0.4, 0.5) is 0 Å². The topological polar surface area (TPSA) is 104 Å².